The summed E-state index contributed by atoms with van der Waals surface area (Å²) in [6, 6.07) is 14.2. The lowest BCUT2D eigenvalue weighted by molar-refractivity contribution is -0.143. The SMILES string of the molecule is CCOC(=O)CCC(=O)c1ccc2c(c1)N(CC(=O)OCCc1ccccc1)C(=O)CO2. The van der Waals surface area contributed by atoms with Crippen molar-refractivity contribution in [3.8, 4) is 5.75 Å². The van der Waals surface area contributed by atoms with Gasteiger partial charge >= 0.3 is 11.9 Å². The number of ketones is 1. The predicted octanol–water partition coefficient (Wildman–Crippen LogP) is 2.72. The smallest absolute Gasteiger partial charge is 0.326 e. The number of ether oxygens (including phenoxy) is 3. The molecule has 0 N–H and O–H groups in total. The molecule has 3 rings (SSSR count). The summed E-state index contributed by atoms with van der Waals surface area (Å²) in [6.45, 7) is 1.65. The summed E-state index contributed by atoms with van der Waals surface area (Å²) in [6.07, 6.45) is 0.518. The average molecular weight is 439 g/mol. The van der Waals surface area contributed by atoms with Gasteiger partial charge in [-0.3, -0.25) is 24.1 Å². The Morgan fingerprint density at radius 3 is 2.53 bits per heavy atom. The molecule has 2 aromatic rings. The maximum absolute atomic E-state index is 12.5. The molecular weight excluding hydrogens is 414 g/mol. The summed E-state index contributed by atoms with van der Waals surface area (Å²) in [5.74, 6) is -1.29. The number of nitrogens with zero attached hydrogens (tertiary/aromatic N) is 1. The van der Waals surface area contributed by atoms with Gasteiger partial charge in [0.05, 0.1) is 25.3 Å². The van der Waals surface area contributed by atoms with Crippen molar-refractivity contribution >= 4 is 29.3 Å². The van der Waals surface area contributed by atoms with E-state index in [0.29, 0.717) is 23.4 Å². The zero-order valence-corrected chi connectivity index (χ0v) is 17.9. The maximum Gasteiger partial charge on any atom is 0.326 e. The van der Waals surface area contributed by atoms with E-state index in [1.54, 1.807) is 19.1 Å². The van der Waals surface area contributed by atoms with Crippen molar-refractivity contribution in [1.82, 2.24) is 0 Å². The molecule has 168 valence electrons. The Bertz CT molecular complexity index is 987. The number of anilines is 1. The fourth-order valence-corrected chi connectivity index (χ4v) is 3.24. The van der Waals surface area contributed by atoms with E-state index in [-0.39, 0.29) is 45.0 Å². The molecule has 0 unspecified atom stereocenters. The van der Waals surface area contributed by atoms with Gasteiger partial charge in [0.2, 0.25) is 0 Å². The van der Waals surface area contributed by atoms with E-state index in [4.69, 9.17) is 14.2 Å². The van der Waals surface area contributed by atoms with Gasteiger partial charge in [-0.2, -0.15) is 0 Å². The van der Waals surface area contributed by atoms with Gasteiger partial charge < -0.3 is 14.2 Å². The van der Waals surface area contributed by atoms with E-state index in [1.165, 1.54) is 11.0 Å². The largest absolute Gasteiger partial charge is 0.482 e. The zero-order chi connectivity index (χ0) is 22.9. The predicted molar refractivity (Wildman–Crippen MR) is 116 cm³/mol. The van der Waals surface area contributed by atoms with Crippen LogP contribution in [0.4, 0.5) is 5.69 Å². The first-order valence-corrected chi connectivity index (χ1v) is 10.4. The van der Waals surface area contributed by atoms with Crippen LogP contribution < -0.4 is 9.64 Å². The third-order valence-corrected chi connectivity index (χ3v) is 4.87. The molecule has 32 heavy (non-hydrogen) atoms. The summed E-state index contributed by atoms with van der Waals surface area (Å²) in [5.41, 5.74) is 1.68. The van der Waals surface area contributed by atoms with Gasteiger partial charge in [-0.25, -0.2) is 0 Å². The van der Waals surface area contributed by atoms with Crippen molar-refractivity contribution in [2.24, 2.45) is 0 Å². The molecule has 0 saturated heterocycles. The molecule has 1 heterocycles. The van der Waals surface area contributed by atoms with Crippen molar-refractivity contribution in [1.29, 1.82) is 0 Å². The second-order valence-electron chi connectivity index (χ2n) is 7.14. The average Bonchev–Trinajstić information content (AvgIpc) is 2.80. The Morgan fingerprint density at radius 2 is 1.78 bits per heavy atom. The van der Waals surface area contributed by atoms with Crippen molar-refractivity contribution in [3.63, 3.8) is 0 Å². The lowest BCUT2D eigenvalue weighted by atomic mass is 10.0. The molecular formula is C24H25NO7. The Balaban J connectivity index is 1.63. The molecule has 0 aromatic heterocycles. The number of carbonyl (C=O) groups excluding carboxylic acids is 4. The first kappa shape index (κ1) is 23.0. The second kappa shape index (κ2) is 11.1. The third kappa shape index (κ3) is 6.16. The normalized spacial score (nSPS) is 12.5. The zero-order valence-electron chi connectivity index (χ0n) is 17.9. The molecule has 8 heteroatoms. The number of fused-ring (bicyclic) bond motifs is 1. The second-order valence-corrected chi connectivity index (χ2v) is 7.14. The van der Waals surface area contributed by atoms with Crippen molar-refractivity contribution in [3.05, 3.63) is 59.7 Å². The van der Waals surface area contributed by atoms with Gasteiger partial charge in [0.1, 0.15) is 12.3 Å². The van der Waals surface area contributed by atoms with Gasteiger partial charge in [-0.1, -0.05) is 30.3 Å². The minimum Gasteiger partial charge on any atom is -0.482 e. The molecule has 0 radical (unpaired) electrons. The molecule has 2 aromatic carbocycles. The summed E-state index contributed by atoms with van der Waals surface area (Å²) in [5, 5.41) is 0. The van der Waals surface area contributed by atoms with E-state index in [9.17, 15) is 19.2 Å². The minimum absolute atomic E-state index is 0.0199. The number of Topliss-reactive ketones (excluding diaryl/α,β-unsaturated/α-hetero) is 1. The van der Waals surface area contributed by atoms with Crippen LogP contribution in [0, 0.1) is 0 Å². The summed E-state index contributed by atoms with van der Waals surface area (Å²) in [4.78, 5) is 50.0. The maximum atomic E-state index is 12.5. The van der Waals surface area contributed by atoms with Crippen LogP contribution in [0.2, 0.25) is 0 Å². The molecule has 1 aliphatic heterocycles. The highest BCUT2D eigenvalue weighted by Crippen LogP contribution is 2.33. The van der Waals surface area contributed by atoms with Crippen LogP contribution in [0.15, 0.2) is 48.5 Å². The van der Waals surface area contributed by atoms with Gasteiger partial charge in [-0.05, 0) is 30.7 Å². The number of rotatable bonds is 10. The molecule has 0 saturated carbocycles. The van der Waals surface area contributed by atoms with E-state index in [0.717, 1.165) is 5.56 Å². The molecule has 0 spiro atoms. The number of esters is 2. The molecule has 8 nitrogen and oxygen atoms in total. The number of benzene rings is 2. The fourth-order valence-electron chi connectivity index (χ4n) is 3.24. The quantitative estimate of drug-likeness (QED) is 0.415. The molecule has 0 aliphatic carbocycles. The number of hydrogen-bond acceptors (Lipinski definition) is 7. The van der Waals surface area contributed by atoms with Crippen molar-refractivity contribution in [2.45, 2.75) is 26.2 Å². The summed E-state index contributed by atoms with van der Waals surface area (Å²) in [7, 11) is 0. The topological polar surface area (TPSA) is 99.2 Å². The van der Waals surface area contributed by atoms with Crippen molar-refractivity contribution in [2.75, 3.05) is 31.3 Å². The highest BCUT2D eigenvalue weighted by molar-refractivity contribution is 6.04. The minimum atomic E-state index is -0.554. The number of hydrogen-bond donors (Lipinski definition) is 0. The van der Waals surface area contributed by atoms with Gasteiger partial charge in [0.25, 0.3) is 5.91 Å². The van der Waals surface area contributed by atoms with Gasteiger partial charge in [0, 0.05) is 18.4 Å². The number of carbonyl (C=O) groups is 4. The Kier molecular flexibility index (Phi) is 7.96. The van der Waals surface area contributed by atoms with Crippen LogP contribution in [-0.2, 0) is 30.3 Å². The Morgan fingerprint density at radius 1 is 1.00 bits per heavy atom. The lowest BCUT2D eigenvalue weighted by Gasteiger charge is -2.29. The third-order valence-electron chi connectivity index (χ3n) is 4.87. The molecule has 1 amide bonds. The van der Waals surface area contributed by atoms with Crippen LogP contribution in [-0.4, -0.2) is 50.0 Å². The first-order valence-electron chi connectivity index (χ1n) is 10.4. The standard InChI is InChI=1S/C24H25NO7/c1-2-30-23(28)11-9-20(26)18-8-10-21-19(14-18)25(22(27)16-32-21)15-24(29)31-13-12-17-6-4-3-5-7-17/h3-8,10,14H,2,9,11-13,15-16H2,1H3. The van der Waals surface area contributed by atoms with Crippen LogP contribution in [0.5, 0.6) is 5.75 Å². The van der Waals surface area contributed by atoms with Gasteiger partial charge in [0.15, 0.2) is 12.4 Å². The van der Waals surface area contributed by atoms with Crippen LogP contribution in [0.3, 0.4) is 0 Å². The molecule has 0 atom stereocenters. The van der Waals surface area contributed by atoms with Gasteiger partial charge in [-0.15, -0.1) is 0 Å². The highest BCUT2D eigenvalue weighted by Gasteiger charge is 2.29. The van der Waals surface area contributed by atoms with Crippen molar-refractivity contribution < 1.29 is 33.4 Å². The molecule has 0 bridgehead atoms. The highest BCUT2D eigenvalue weighted by atomic mass is 16.5. The summed E-state index contributed by atoms with van der Waals surface area (Å²) < 4.78 is 15.5. The van der Waals surface area contributed by atoms with Crippen LogP contribution in [0.1, 0.15) is 35.7 Å². The van der Waals surface area contributed by atoms with Crippen LogP contribution in [0.25, 0.3) is 0 Å². The Labute approximate surface area is 186 Å². The monoisotopic (exact) mass is 439 g/mol. The van der Waals surface area contributed by atoms with E-state index in [1.807, 2.05) is 30.3 Å². The van der Waals surface area contributed by atoms with E-state index >= 15 is 0 Å². The number of amides is 1. The van der Waals surface area contributed by atoms with E-state index in [2.05, 4.69) is 0 Å². The summed E-state index contributed by atoms with van der Waals surface area (Å²) >= 11 is 0. The Hall–Kier alpha value is -3.68. The fraction of sp³-hybridized carbons (Fsp3) is 0.333. The molecule has 1 aliphatic rings. The van der Waals surface area contributed by atoms with Crippen LogP contribution >= 0.6 is 0 Å². The molecule has 0 fully saturated rings. The lowest BCUT2D eigenvalue weighted by Crippen LogP contribution is -2.42. The first-order chi connectivity index (χ1) is 15.5. The van der Waals surface area contributed by atoms with E-state index < -0.39 is 17.8 Å².